The van der Waals surface area contributed by atoms with E-state index in [9.17, 15) is 18.0 Å². The first-order valence-corrected chi connectivity index (χ1v) is 11.9. The number of hydrogen-bond acceptors (Lipinski definition) is 6. The Hall–Kier alpha value is -2.62. The Morgan fingerprint density at radius 3 is 2.34 bits per heavy atom. The molecule has 2 heterocycles. The SMILES string of the molecule is O=C1CC(Sc2ccc(NS(=O)(=O)c3cccs3)cc2)C(=O)N1c1ccccc1. The molecule has 0 spiro atoms. The summed E-state index contributed by atoms with van der Waals surface area (Å²) in [5, 5.41) is 1.20. The second kappa shape index (κ2) is 8.02. The fourth-order valence-electron chi connectivity index (χ4n) is 2.93. The van der Waals surface area contributed by atoms with Crippen LogP contribution in [-0.4, -0.2) is 25.5 Å². The summed E-state index contributed by atoms with van der Waals surface area (Å²) in [5.41, 5.74) is 1.01. The topological polar surface area (TPSA) is 83.5 Å². The van der Waals surface area contributed by atoms with E-state index in [4.69, 9.17) is 0 Å². The molecular formula is C20H16N2O4S3. The van der Waals surface area contributed by atoms with Gasteiger partial charge in [-0.3, -0.25) is 14.3 Å². The number of nitrogens with one attached hydrogen (secondary N) is 1. The van der Waals surface area contributed by atoms with Crippen molar-refractivity contribution in [3.8, 4) is 0 Å². The van der Waals surface area contributed by atoms with Crippen LogP contribution in [0, 0.1) is 0 Å². The Morgan fingerprint density at radius 1 is 0.966 bits per heavy atom. The smallest absolute Gasteiger partial charge is 0.271 e. The minimum absolute atomic E-state index is 0.130. The van der Waals surface area contributed by atoms with Crippen LogP contribution in [0.1, 0.15) is 6.42 Å². The molecule has 29 heavy (non-hydrogen) atoms. The normalized spacial score (nSPS) is 17.0. The van der Waals surface area contributed by atoms with Crippen molar-refractivity contribution in [2.24, 2.45) is 0 Å². The molecule has 2 amide bonds. The molecule has 2 aromatic carbocycles. The van der Waals surface area contributed by atoms with Gasteiger partial charge >= 0.3 is 0 Å². The Labute approximate surface area is 176 Å². The van der Waals surface area contributed by atoms with Gasteiger partial charge in [0.2, 0.25) is 11.8 Å². The number of para-hydroxylation sites is 1. The van der Waals surface area contributed by atoms with Gasteiger partial charge in [-0.05, 0) is 47.8 Å². The molecule has 0 saturated carbocycles. The third-order valence-corrected chi connectivity index (χ3v) is 8.24. The molecule has 1 unspecified atom stereocenters. The van der Waals surface area contributed by atoms with Gasteiger partial charge in [0.15, 0.2) is 0 Å². The third kappa shape index (κ3) is 4.21. The molecular weight excluding hydrogens is 428 g/mol. The van der Waals surface area contributed by atoms with Crippen molar-refractivity contribution < 1.29 is 18.0 Å². The molecule has 6 nitrogen and oxygen atoms in total. The van der Waals surface area contributed by atoms with Crippen molar-refractivity contribution >= 4 is 56.3 Å². The van der Waals surface area contributed by atoms with Gasteiger partial charge in [0.05, 0.1) is 10.9 Å². The summed E-state index contributed by atoms with van der Waals surface area (Å²) in [6.45, 7) is 0. The van der Waals surface area contributed by atoms with Crippen LogP contribution in [0.4, 0.5) is 11.4 Å². The number of sulfonamides is 1. The van der Waals surface area contributed by atoms with Crippen LogP contribution < -0.4 is 9.62 Å². The lowest BCUT2D eigenvalue weighted by atomic mass is 10.3. The number of amides is 2. The van der Waals surface area contributed by atoms with Crippen molar-refractivity contribution in [3.05, 3.63) is 72.1 Å². The van der Waals surface area contributed by atoms with Crippen LogP contribution in [0.2, 0.25) is 0 Å². The minimum Gasteiger partial charge on any atom is -0.279 e. The maximum atomic E-state index is 12.7. The van der Waals surface area contributed by atoms with Crippen LogP contribution in [0.5, 0.6) is 0 Å². The highest BCUT2D eigenvalue weighted by Crippen LogP contribution is 2.34. The zero-order valence-corrected chi connectivity index (χ0v) is 17.5. The van der Waals surface area contributed by atoms with Gasteiger partial charge in [-0.2, -0.15) is 0 Å². The molecule has 0 aliphatic carbocycles. The predicted molar refractivity (Wildman–Crippen MR) is 115 cm³/mol. The summed E-state index contributed by atoms with van der Waals surface area (Å²) in [7, 11) is -3.60. The number of carbonyl (C=O) groups excluding carboxylic acids is 2. The van der Waals surface area contributed by atoms with E-state index in [2.05, 4.69) is 4.72 Å². The van der Waals surface area contributed by atoms with E-state index in [-0.39, 0.29) is 22.4 Å². The monoisotopic (exact) mass is 444 g/mol. The van der Waals surface area contributed by atoms with Crippen molar-refractivity contribution in [2.45, 2.75) is 20.8 Å². The average molecular weight is 445 g/mol. The van der Waals surface area contributed by atoms with E-state index in [0.717, 1.165) is 16.2 Å². The number of thiophene rings is 1. The Bertz CT molecular complexity index is 1130. The molecule has 1 fully saturated rings. The molecule has 0 radical (unpaired) electrons. The number of carbonyl (C=O) groups is 2. The molecule has 1 aliphatic heterocycles. The second-order valence-electron chi connectivity index (χ2n) is 6.28. The first kappa shape index (κ1) is 19.7. The standard InChI is InChI=1S/C20H16N2O4S3/c23-18-13-17(20(24)22(18)15-5-2-1-3-6-15)28-16-10-8-14(9-11-16)21-29(25,26)19-7-4-12-27-19/h1-12,17,21H,13H2. The van der Waals surface area contributed by atoms with Crippen LogP contribution in [-0.2, 0) is 19.6 Å². The highest BCUT2D eigenvalue weighted by Gasteiger charge is 2.40. The number of hydrogen-bond donors (Lipinski definition) is 1. The molecule has 1 aromatic heterocycles. The van der Waals surface area contributed by atoms with Crippen molar-refractivity contribution in [1.29, 1.82) is 0 Å². The Balaban J connectivity index is 1.44. The van der Waals surface area contributed by atoms with E-state index < -0.39 is 15.3 Å². The fraction of sp³-hybridized carbons (Fsp3) is 0.100. The number of anilines is 2. The minimum atomic E-state index is -3.60. The van der Waals surface area contributed by atoms with Crippen LogP contribution in [0.25, 0.3) is 0 Å². The largest absolute Gasteiger partial charge is 0.279 e. The van der Waals surface area contributed by atoms with Crippen molar-refractivity contribution in [3.63, 3.8) is 0 Å². The van der Waals surface area contributed by atoms with Crippen molar-refractivity contribution in [2.75, 3.05) is 9.62 Å². The lowest BCUT2D eigenvalue weighted by Crippen LogP contribution is -2.30. The van der Waals surface area contributed by atoms with Gasteiger partial charge in [0, 0.05) is 17.0 Å². The number of benzene rings is 2. The van der Waals surface area contributed by atoms with Crippen LogP contribution in [0.3, 0.4) is 0 Å². The molecule has 4 rings (SSSR count). The summed E-state index contributed by atoms with van der Waals surface area (Å²) < 4.78 is 27.3. The zero-order chi connectivity index (χ0) is 20.4. The van der Waals surface area contributed by atoms with Gasteiger partial charge in [-0.25, -0.2) is 13.3 Å². The molecule has 1 atom stereocenters. The van der Waals surface area contributed by atoms with E-state index in [1.807, 2.05) is 6.07 Å². The van der Waals surface area contributed by atoms with Gasteiger partial charge in [-0.15, -0.1) is 23.1 Å². The summed E-state index contributed by atoms with van der Waals surface area (Å²) >= 11 is 2.44. The summed E-state index contributed by atoms with van der Waals surface area (Å²) in [6.07, 6.45) is 0.130. The third-order valence-electron chi connectivity index (χ3n) is 4.26. The molecule has 1 saturated heterocycles. The van der Waals surface area contributed by atoms with Gasteiger partial charge in [-0.1, -0.05) is 24.3 Å². The van der Waals surface area contributed by atoms with Gasteiger partial charge in [0.1, 0.15) is 4.21 Å². The molecule has 3 aromatic rings. The molecule has 0 bridgehead atoms. The first-order valence-electron chi connectivity index (χ1n) is 8.69. The number of nitrogens with zero attached hydrogens (tertiary/aromatic N) is 1. The van der Waals surface area contributed by atoms with Gasteiger partial charge in [0.25, 0.3) is 10.0 Å². The van der Waals surface area contributed by atoms with Gasteiger partial charge < -0.3 is 0 Å². The predicted octanol–water partition coefficient (Wildman–Crippen LogP) is 3.97. The highest BCUT2D eigenvalue weighted by molar-refractivity contribution is 8.00. The van der Waals surface area contributed by atoms with Crippen LogP contribution >= 0.6 is 23.1 Å². The number of rotatable bonds is 6. The number of imide groups is 1. The van der Waals surface area contributed by atoms with Crippen LogP contribution in [0.15, 0.2) is 81.2 Å². The van der Waals surface area contributed by atoms with E-state index in [1.54, 1.807) is 66.0 Å². The summed E-state index contributed by atoms with van der Waals surface area (Å²) in [6, 6.07) is 18.8. The molecule has 1 aliphatic rings. The fourth-order valence-corrected chi connectivity index (χ4v) is 6.04. The Kier molecular flexibility index (Phi) is 5.44. The first-order chi connectivity index (χ1) is 13.9. The maximum absolute atomic E-state index is 12.7. The number of thioether (sulfide) groups is 1. The highest BCUT2D eigenvalue weighted by atomic mass is 32.2. The van der Waals surface area contributed by atoms with E-state index in [0.29, 0.717) is 11.4 Å². The molecule has 1 N–H and O–H groups in total. The zero-order valence-electron chi connectivity index (χ0n) is 15.0. The van der Waals surface area contributed by atoms with E-state index >= 15 is 0 Å². The second-order valence-corrected chi connectivity index (χ2v) is 10.4. The maximum Gasteiger partial charge on any atom is 0.271 e. The Morgan fingerprint density at radius 2 is 1.69 bits per heavy atom. The summed E-state index contributed by atoms with van der Waals surface area (Å²) in [5.74, 6) is -0.465. The molecule has 148 valence electrons. The lowest BCUT2D eigenvalue weighted by Gasteiger charge is -2.14. The van der Waals surface area contributed by atoms with E-state index in [1.165, 1.54) is 16.7 Å². The average Bonchev–Trinajstić information content (AvgIpc) is 3.33. The van der Waals surface area contributed by atoms with Crippen molar-refractivity contribution in [1.82, 2.24) is 0 Å². The lowest BCUT2D eigenvalue weighted by molar-refractivity contribution is -0.121. The quantitative estimate of drug-likeness (QED) is 0.582. The molecule has 9 heteroatoms. The summed E-state index contributed by atoms with van der Waals surface area (Å²) in [4.78, 5) is 27.0.